The fourth-order valence-electron chi connectivity index (χ4n) is 6.16. The Balaban J connectivity index is 1.55. The van der Waals surface area contributed by atoms with Gasteiger partial charge in [0.05, 0.1) is 5.92 Å². The van der Waals surface area contributed by atoms with E-state index in [1.54, 1.807) is 48.5 Å². The Labute approximate surface area is 379 Å². The highest BCUT2D eigenvalue weighted by Crippen LogP contribution is 2.29. The van der Waals surface area contributed by atoms with E-state index in [1.807, 2.05) is 0 Å². The summed E-state index contributed by atoms with van der Waals surface area (Å²) in [6, 6.07) is 23.4. The maximum absolute atomic E-state index is 13.8. The summed E-state index contributed by atoms with van der Waals surface area (Å²) in [7, 11) is 1.22. The van der Waals surface area contributed by atoms with Crippen molar-refractivity contribution in [1.82, 2.24) is 0 Å². The molecule has 0 spiro atoms. The largest absolute Gasteiger partial charge is 0.504 e. The second kappa shape index (κ2) is 24.5. The quantitative estimate of drug-likeness (QED) is 0.0247. The van der Waals surface area contributed by atoms with Crippen LogP contribution in [0.1, 0.15) is 65.5 Å². The number of carbonyl (C=O) groups is 8. The standard InChI is InChI=1S/C48H50O18/c1-27(49)41(25-62-46(58)34(21-30-15-18-37(51)39(53)23-30)17-20-36(50)32-11-7-5-8-12-32)65-48(60)42(66-45(57)29(3)64-44(56)28(2)61-4)26-63-47(59)35(43(55)33-13-9-6-10-14-33)22-31-16-19-38(52)40(54)24-31/h5-16,18-19,23-24,28-29,34-35,41-42,51-54H,17,20-22,25-26H2,1-4H3/t28-,29-,34?,35?,41-,42-/m0/s1. The number of phenols is 4. The molecule has 0 aromatic heterocycles. The summed E-state index contributed by atoms with van der Waals surface area (Å²) in [4.78, 5) is 106. The summed E-state index contributed by atoms with van der Waals surface area (Å²) in [6.45, 7) is 1.47. The first-order valence-corrected chi connectivity index (χ1v) is 20.6. The maximum atomic E-state index is 13.8. The minimum Gasteiger partial charge on any atom is -0.504 e. The second-order valence-corrected chi connectivity index (χ2v) is 15.0. The molecule has 4 aromatic carbocycles. The Bertz CT molecular complexity index is 2360. The molecular weight excluding hydrogens is 865 g/mol. The number of carbonyl (C=O) groups excluding carboxylic acids is 8. The van der Waals surface area contributed by atoms with E-state index in [-0.39, 0.29) is 42.6 Å². The predicted octanol–water partition coefficient (Wildman–Crippen LogP) is 4.54. The van der Waals surface area contributed by atoms with Crippen molar-refractivity contribution in [2.75, 3.05) is 20.3 Å². The third kappa shape index (κ3) is 15.0. The number of aromatic hydroxyl groups is 4. The normalized spacial score (nSPS) is 13.6. The Kier molecular flexibility index (Phi) is 18.9. The lowest BCUT2D eigenvalue weighted by molar-refractivity contribution is -0.188. The number of rotatable bonds is 24. The summed E-state index contributed by atoms with van der Waals surface area (Å²) < 4.78 is 31.4. The highest BCUT2D eigenvalue weighted by molar-refractivity contribution is 6.09. The van der Waals surface area contributed by atoms with E-state index in [0.717, 1.165) is 26.0 Å². The smallest absolute Gasteiger partial charge is 0.351 e. The molecule has 0 amide bonds. The summed E-state index contributed by atoms with van der Waals surface area (Å²) >= 11 is 0. The van der Waals surface area contributed by atoms with Gasteiger partial charge in [-0.3, -0.25) is 24.0 Å². The molecule has 4 aromatic rings. The third-order valence-corrected chi connectivity index (χ3v) is 10.1. The Morgan fingerprint density at radius 1 is 0.530 bits per heavy atom. The molecule has 350 valence electrons. The molecule has 18 nitrogen and oxygen atoms in total. The second-order valence-electron chi connectivity index (χ2n) is 15.0. The van der Waals surface area contributed by atoms with Crippen LogP contribution in [0.5, 0.6) is 23.0 Å². The van der Waals surface area contributed by atoms with E-state index in [4.69, 9.17) is 28.4 Å². The molecule has 66 heavy (non-hydrogen) atoms. The molecule has 0 aliphatic carbocycles. The van der Waals surface area contributed by atoms with E-state index in [1.165, 1.54) is 50.4 Å². The van der Waals surface area contributed by atoms with Crippen molar-refractivity contribution in [3.05, 3.63) is 119 Å². The van der Waals surface area contributed by atoms with E-state index in [9.17, 15) is 58.8 Å². The average molecular weight is 915 g/mol. The summed E-state index contributed by atoms with van der Waals surface area (Å²) in [5.74, 6) is -12.4. The SMILES string of the molecule is CO[C@@H](C)C(=O)O[C@@H](C)C(=O)O[C@@H](COC(=O)C(Cc1ccc(O)c(O)c1)C(=O)c1ccccc1)C(=O)O[C@@H](COC(=O)C(CCC(=O)c1ccccc1)Cc1ccc(O)c(O)c1)C(C)=O. The van der Waals surface area contributed by atoms with E-state index in [0.29, 0.717) is 11.1 Å². The van der Waals surface area contributed by atoms with Crippen LogP contribution in [0.25, 0.3) is 0 Å². The average Bonchev–Trinajstić information content (AvgIpc) is 3.31. The van der Waals surface area contributed by atoms with Crippen molar-refractivity contribution in [3.63, 3.8) is 0 Å². The van der Waals surface area contributed by atoms with Crippen LogP contribution < -0.4 is 0 Å². The number of phenolic OH excluding ortho intramolecular Hbond substituents is 4. The van der Waals surface area contributed by atoms with Gasteiger partial charge in [0.15, 0.2) is 58.7 Å². The van der Waals surface area contributed by atoms with Crippen LogP contribution in [0.2, 0.25) is 0 Å². The zero-order valence-corrected chi connectivity index (χ0v) is 36.4. The van der Waals surface area contributed by atoms with Gasteiger partial charge in [0.1, 0.15) is 19.1 Å². The Hall–Kier alpha value is -7.60. The van der Waals surface area contributed by atoms with Crippen LogP contribution in [0.3, 0.4) is 0 Å². The molecule has 4 N–H and O–H groups in total. The van der Waals surface area contributed by atoms with Crippen molar-refractivity contribution < 1.29 is 87.2 Å². The molecule has 18 heteroatoms. The number of methoxy groups -OCH3 is 1. The van der Waals surface area contributed by atoms with Crippen LogP contribution in [-0.4, -0.2) is 112 Å². The van der Waals surface area contributed by atoms with Gasteiger partial charge in [-0.25, -0.2) is 14.4 Å². The molecule has 2 unspecified atom stereocenters. The van der Waals surface area contributed by atoms with Crippen molar-refractivity contribution in [3.8, 4) is 23.0 Å². The molecule has 6 atom stereocenters. The van der Waals surface area contributed by atoms with Crippen molar-refractivity contribution >= 4 is 47.2 Å². The van der Waals surface area contributed by atoms with Gasteiger partial charge in [-0.15, -0.1) is 0 Å². The van der Waals surface area contributed by atoms with E-state index in [2.05, 4.69) is 0 Å². The summed E-state index contributed by atoms with van der Waals surface area (Å²) in [5.41, 5.74) is 1.10. The first-order chi connectivity index (χ1) is 31.4. The molecule has 0 radical (unpaired) electrons. The highest BCUT2D eigenvalue weighted by Gasteiger charge is 2.36. The molecule has 0 aliphatic heterocycles. The minimum atomic E-state index is -2.18. The van der Waals surface area contributed by atoms with Crippen LogP contribution >= 0.6 is 0 Å². The Morgan fingerprint density at radius 2 is 1.03 bits per heavy atom. The number of Topliss-reactive ketones (excluding diaryl/α,β-unsaturated/α-hetero) is 3. The fraction of sp³-hybridized carbons (Fsp3) is 0.333. The van der Waals surface area contributed by atoms with Crippen LogP contribution in [0.15, 0.2) is 97.1 Å². The van der Waals surface area contributed by atoms with Gasteiger partial charge < -0.3 is 48.8 Å². The van der Waals surface area contributed by atoms with Gasteiger partial charge in [0, 0.05) is 24.7 Å². The van der Waals surface area contributed by atoms with Crippen LogP contribution in [0.4, 0.5) is 0 Å². The monoisotopic (exact) mass is 914 g/mol. The van der Waals surface area contributed by atoms with Gasteiger partial charge in [0.2, 0.25) is 6.10 Å². The van der Waals surface area contributed by atoms with Gasteiger partial charge in [-0.05, 0) is 75.4 Å². The zero-order chi connectivity index (χ0) is 48.5. The van der Waals surface area contributed by atoms with Gasteiger partial charge in [0.25, 0.3) is 0 Å². The van der Waals surface area contributed by atoms with E-state index >= 15 is 0 Å². The molecule has 0 aliphatic rings. The highest BCUT2D eigenvalue weighted by atomic mass is 16.6. The lowest BCUT2D eigenvalue weighted by Gasteiger charge is -2.23. The molecule has 4 rings (SSSR count). The topological polar surface area (TPSA) is 273 Å². The lowest BCUT2D eigenvalue weighted by Crippen LogP contribution is -2.43. The first kappa shape index (κ1) is 51.0. The fourth-order valence-corrected chi connectivity index (χ4v) is 6.16. The maximum Gasteiger partial charge on any atom is 0.351 e. The van der Waals surface area contributed by atoms with Gasteiger partial charge >= 0.3 is 29.8 Å². The summed E-state index contributed by atoms with van der Waals surface area (Å²) in [5, 5.41) is 39.7. The first-order valence-electron chi connectivity index (χ1n) is 20.6. The summed E-state index contributed by atoms with van der Waals surface area (Å²) in [6.07, 6.45) is -7.41. The molecule has 0 fully saturated rings. The van der Waals surface area contributed by atoms with Crippen LogP contribution in [0, 0.1) is 11.8 Å². The zero-order valence-electron chi connectivity index (χ0n) is 36.4. The number of hydrogen-bond acceptors (Lipinski definition) is 18. The van der Waals surface area contributed by atoms with E-state index < -0.39 is 114 Å². The number of ketones is 3. The Morgan fingerprint density at radius 3 is 1.58 bits per heavy atom. The molecule has 0 saturated heterocycles. The molecule has 0 heterocycles. The third-order valence-electron chi connectivity index (χ3n) is 10.1. The molecule has 0 bridgehead atoms. The number of esters is 5. The molecule has 0 saturated carbocycles. The van der Waals surface area contributed by atoms with Crippen molar-refractivity contribution in [1.29, 1.82) is 0 Å². The van der Waals surface area contributed by atoms with Crippen molar-refractivity contribution in [2.24, 2.45) is 11.8 Å². The van der Waals surface area contributed by atoms with Crippen molar-refractivity contribution in [2.45, 2.75) is 70.9 Å². The van der Waals surface area contributed by atoms with Crippen LogP contribution in [-0.2, 0) is 70.0 Å². The minimum absolute atomic E-state index is 0.0598. The predicted molar refractivity (Wildman–Crippen MR) is 229 cm³/mol. The number of hydrogen-bond donors (Lipinski definition) is 4. The number of ether oxygens (including phenoxy) is 6. The lowest BCUT2D eigenvalue weighted by atomic mass is 9.91. The van der Waals surface area contributed by atoms with Gasteiger partial charge in [-0.1, -0.05) is 72.8 Å². The molecular formula is C48H50O18. The number of benzene rings is 4. The van der Waals surface area contributed by atoms with Gasteiger partial charge in [-0.2, -0.15) is 0 Å².